The van der Waals surface area contributed by atoms with Gasteiger partial charge in [-0.05, 0) is 28.8 Å². The minimum Gasteiger partial charge on any atom is -0.332 e. The molecule has 1 aliphatic rings. The van der Waals surface area contributed by atoms with E-state index in [9.17, 15) is 0 Å². The molecule has 4 rings (SSSR count). The number of benzene rings is 1. The quantitative estimate of drug-likeness (QED) is 0.730. The zero-order valence-corrected chi connectivity index (χ0v) is 14.0. The van der Waals surface area contributed by atoms with Crippen molar-refractivity contribution in [2.24, 2.45) is 5.73 Å². The predicted molar refractivity (Wildman–Crippen MR) is 89.3 cm³/mol. The Balaban J connectivity index is 1.70. The molecule has 0 bridgehead atoms. The second-order valence-corrected chi connectivity index (χ2v) is 6.71. The van der Waals surface area contributed by atoms with Crippen molar-refractivity contribution in [3.05, 3.63) is 40.6 Å². The molecule has 23 heavy (non-hydrogen) atoms. The molecule has 1 aromatic carbocycles. The lowest BCUT2D eigenvalue weighted by molar-refractivity contribution is 0.372. The third-order valence-electron chi connectivity index (χ3n) is 4.34. The Hall–Kier alpha value is -1.99. The Morgan fingerprint density at radius 3 is 2.65 bits per heavy atom. The molecule has 0 atom stereocenters. The van der Waals surface area contributed by atoms with Crippen LogP contribution in [0.5, 0.6) is 0 Å². The van der Waals surface area contributed by atoms with Gasteiger partial charge in [0.05, 0.1) is 10.0 Å². The molecule has 0 unspecified atom stereocenters. The third-order valence-corrected chi connectivity index (χ3v) is 5.11. The van der Waals surface area contributed by atoms with Gasteiger partial charge in [-0.1, -0.05) is 48.3 Å². The summed E-state index contributed by atoms with van der Waals surface area (Å²) in [5, 5.41) is 11.4. The van der Waals surface area contributed by atoms with Gasteiger partial charge in [-0.2, -0.15) is 10.1 Å². The number of nitrogens with one attached hydrogen (secondary N) is 1. The number of hydrogen-bond donors (Lipinski definition) is 2. The zero-order valence-electron chi connectivity index (χ0n) is 12.4. The summed E-state index contributed by atoms with van der Waals surface area (Å²) >= 11 is 3.58. The molecule has 1 aliphatic carbocycles. The van der Waals surface area contributed by atoms with Crippen molar-refractivity contribution < 1.29 is 4.52 Å². The van der Waals surface area contributed by atoms with E-state index in [4.69, 9.17) is 10.3 Å². The fourth-order valence-corrected chi connectivity index (χ4v) is 3.59. The van der Waals surface area contributed by atoms with E-state index in [1.54, 1.807) is 0 Å². The van der Waals surface area contributed by atoms with Gasteiger partial charge in [-0.25, -0.2) is 0 Å². The Labute approximate surface area is 141 Å². The van der Waals surface area contributed by atoms with Crippen molar-refractivity contribution in [3.63, 3.8) is 0 Å². The van der Waals surface area contributed by atoms with Crippen LogP contribution < -0.4 is 5.73 Å². The van der Waals surface area contributed by atoms with Crippen LogP contribution in [-0.4, -0.2) is 20.3 Å². The SMILES string of the molecule is NC1(c2noc(-c3[nH]nc(-c4ccccc4)c3Br)n2)CCCC1. The Morgan fingerprint density at radius 2 is 1.91 bits per heavy atom. The molecule has 3 N–H and O–H groups in total. The van der Waals surface area contributed by atoms with E-state index in [0.717, 1.165) is 41.4 Å². The van der Waals surface area contributed by atoms with E-state index in [-0.39, 0.29) is 0 Å². The molecule has 0 amide bonds. The number of rotatable bonds is 3. The van der Waals surface area contributed by atoms with Crippen molar-refractivity contribution in [1.82, 2.24) is 20.3 Å². The molecule has 2 aromatic heterocycles. The average molecular weight is 374 g/mol. The number of halogens is 1. The van der Waals surface area contributed by atoms with Crippen LogP contribution in [0.3, 0.4) is 0 Å². The molecule has 2 heterocycles. The van der Waals surface area contributed by atoms with E-state index in [1.165, 1.54) is 0 Å². The van der Waals surface area contributed by atoms with Crippen LogP contribution in [0.15, 0.2) is 39.3 Å². The fraction of sp³-hybridized carbons (Fsp3) is 0.312. The molecule has 1 saturated carbocycles. The second-order valence-electron chi connectivity index (χ2n) is 5.91. The van der Waals surface area contributed by atoms with E-state index in [2.05, 4.69) is 36.3 Å². The number of hydrogen-bond acceptors (Lipinski definition) is 5. The van der Waals surface area contributed by atoms with E-state index in [1.807, 2.05) is 30.3 Å². The summed E-state index contributed by atoms with van der Waals surface area (Å²) in [7, 11) is 0. The minimum atomic E-state index is -0.462. The highest BCUT2D eigenvalue weighted by molar-refractivity contribution is 9.10. The van der Waals surface area contributed by atoms with Crippen LogP contribution in [0.25, 0.3) is 22.8 Å². The number of nitrogens with two attached hydrogens (primary N) is 1. The predicted octanol–water partition coefficient (Wildman–Crippen LogP) is 3.62. The van der Waals surface area contributed by atoms with E-state index >= 15 is 0 Å². The van der Waals surface area contributed by atoms with Crippen LogP contribution in [0.1, 0.15) is 31.5 Å². The van der Waals surface area contributed by atoms with Crippen LogP contribution in [0.2, 0.25) is 0 Å². The van der Waals surface area contributed by atoms with Gasteiger partial charge in [0, 0.05) is 5.56 Å². The Kier molecular flexibility index (Phi) is 3.54. The van der Waals surface area contributed by atoms with Crippen molar-refractivity contribution in [1.29, 1.82) is 0 Å². The van der Waals surface area contributed by atoms with E-state index in [0.29, 0.717) is 17.4 Å². The van der Waals surface area contributed by atoms with Crippen molar-refractivity contribution >= 4 is 15.9 Å². The molecule has 3 aromatic rings. The first kappa shape index (κ1) is 14.6. The topological polar surface area (TPSA) is 93.6 Å². The highest BCUT2D eigenvalue weighted by Crippen LogP contribution is 2.37. The summed E-state index contributed by atoms with van der Waals surface area (Å²) in [6.07, 6.45) is 4.00. The van der Waals surface area contributed by atoms with Gasteiger partial charge in [0.15, 0.2) is 5.82 Å². The van der Waals surface area contributed by atoms with Crippen molar-refractivity contribution in [2.75, 3.05) is 0 Å². The second kappa shape index (κ2) is 5.58. The van der Waals surface area contributed by atoms with Crippen molar-refractivity contribution in [2.45, 2.75) is 31.2 Å². The maximum absolute atomic E-state index is 6.38. The first-order valence-electron chi connectivity index (χ1n) is 7.60. The van der Waals surface area contributed by atoms with Gasteiger partial charge in [-0.15, -0.1) is 0 Å². The van der Waals surface area contributed by atoms with Gasteiger partial charge in [0.1, 0.15) is 11.4 Å². The summed E-state index contributed by atoms with van der Waals surface area (Å²) < 4.78 is 6.22. The Morgan fingerprint density at radius 1 is 1.17 bits per heavy atom. The number of nitrogens with zero attached hydrogens (tertiary/aromatic N) is 3. The lowest BCUT2D eigenvalue weighted by Crippen LogP contribution is -2.34. The lowest BCUT2D eigenvalue weighted by atomic mass is 9.99. The normalized spacial score (nSPS) is 16.8. The van der Waals surface area contributed by atoms with Crippen LogP contribution in [-0.2, 0) is 5.54 Å². The number of aromatic nitrogens is 4. The highest BCUT2D eigenvalue weighted by atomic mass is 79.9. The molecule has 6 nitrogen and oxygen atoms in total. The summed E-state index contributed by atoms with van der Waals surface area (Å²) in [4.78, 5) is 4.50. The van der Waals surface area contributed by atoms with Gasteiger partial charge in [-0.3, -0.25) is 5.10 Å². The van der Waals surface area contributed by atoms with Crippen LogP contribution in [0.4, 0.5) is 0 Å². The number of H-pyrrole nitrogens is 1. The highest BCUT2D eigenvalue weighted by Gasteiger charge is 2.36. The monoisotopic (exact) mass is 373 g/mol. The molecule has 0 saturated heterocycles. The first-order chi connectivity index (χ1) is 11.2. The summed E-state index contributed by atoms with van der Waals surface area (Å²) in [5.74, 6) is 0.978. The molecule has 0 aliphatic heterocycles. The molecule has 1 fully saturated rings. The maximum atomic E-state index is 6.38. The van der Waals surface area contributed by atoms with Crippen molar-refractivity contribution in [3.8, 4) is 22.8 Å². The largest absolute Gasteiger partial charge is 0.332 e. The van der Waals surface area contributed by atoms with Gasteiger partial charge < -0.3 is 10.3 Å². The first-order valence-corrected chi connectivity index (χ1v) is 8.39. The fourth-order valence-electron chi connectivity index (χ4n) is 3.01. The molecule has 0 radical (unpaired) electrons. The average Bonchev–Trinajstić information content (AvgIpc) is 3.28. The smallest absolute Gasteiger partial charge is 0.277 e. The van der Waals surface area contributed by atoms with Gasteiger partial charge in [0.2, 0.25) is 0 Å². The van der Waals surface area contributed by atoms with Gasteiger partial charge in [0.25, 0.3) is 5.89 Å². The number of aromatic amines is 1. The van der Waals surface area contributed by atoms with E-state index < -0.39 is 5.54 Å². The summed E-state index contributed by atoms with van der Waals surface area (Å²) in [6, 6.07) is 9.91. The molecule has 118 valence electrons. The van der Waals surface area contributed by atoms with Crippen LogP contribution >= 0.6 is 15.9 Å². The summed E-state index contributed by atoms with van der Waals surface area (Å²) in [5.41, 5.74) is 8.41. The minimum absolute atomic E-state index is 0.401. The molecule has 7 heteroatoms. The summed E-state index contributed by atoms with van der Waals surface area (Å²) in [6.45, 7) is 0. The van der Waals surface area contributed by atoms with Gasteiger partial charge >= 0.3 is 0 Å². The Bertz CT molecular complexity index is 820. The molecule has 0 spiro atoms. The zero-order chi connectivity index (χ0) is 15.9. The molecular formula is C16H16BrN5O. The maximum Gasteiger partial charge on any atom is 0.277 e. The lowest BCUT2D eigenvalue weighted by Gasteiger charge is -2.17. The molecular weight excluding hydrogens is 358 g/mol. The third kappa shape index (κ3) is 2.49. The standard InChI is InChI=1S/C16H16BrN5O/c17-11-12(10-6-2-1-3-7-10)20-21-13(11)14-19-15(22-23-14)16(18)8-4-5-9-16/h1-3,6-7H,4-5,8-9,18H2,(H,20,21). The van der Waals surface area contributed by atoms with Crippen LogP contribution in [0, 0.1) is 0 Å².